The van der Waals surface area contributed by atoms with Crippen molar-refractivity contribution in [3.05, 3.63) is 64.2 Å². The van der Waals surface area contributed by atoms with Gasteiger partial charge >= 0.3 is 12.3 Å². The summed E-state index contributed by atoms with van der Waals surface area (Å²) in [4.78, 5) is 14.6. The Morgan fingerprint density at radius 2 is 1.92 bits per heavy atom. The molecule has 0 bridgehead atoms. The molecule has 0 saturated carbocycles. The lowest BCUT2D eigenvalue weighted by Crippen LogP contribution is -2.35. The van der Waals surface area contributed by atoms with Crippen LogP contribution in [0, 0.1) is 12.3 Å². The van der Waals surface area contributed by atoms with Crippen molar-refractivity contribution in [1.29, 1.82) is 0 Å². The van der Waals surface area contributed by atoms with E-state index in [9.17, 15) is 18.0 Å². The van der Waals surface area contributed by atoms with Gasteiger partial charge in [-0.3, -0.25) is 4.90 Å². The minimum atomic E-state index is -4.48. The monoisotopic (exact) mass is 502 g/mol. The van der Waals surface area contributed by atoms with E-state index < -0.39 is 30.0 Å². The third-order valence-electron chi connectivity index (χ3n) is 7.23. The highest BCUT2D eigenvalue weighted by molar-refractivity contribution is 5.78. The molecule has 4 rings (SSSR count). The molecule has 0 radical (unpaired) electrons. The van der Waals surface area contributed by atoms with Gasteiger partial charge in [-0.15, -0.1) is 0 Å². The fraction of sp³-hybridized carbons (Fsp3) is 0.464. The number of ether oxygens (including phenoxy) is 2. The first-order valence-electron chi connectivity index (χ1n) is 12.1. The van der Waals surface area contributed by atoms with E-state index in [1.54, 1.807) is 31.1 Å². The number of methoxy groups -OCH3 is 1. The molecule has 1 fully saturated rings. The average molecular weight is 503 g/mol. The maximum Gasteiger partial charge on any atom is 0.416 e. The fourth-order valence-electron chi connectivity index (χ4n) is 5.36. The number of aryl methyl sites for hydroxylation is 1. The molecule has 1 aliphatic heterocycles. The smallest absolute Gasteiger partial charge is 0.416 e. The molecule has 2 aliphatic rings. The van der Waals surface area contributed by atoms with E-state index in [1.807, 2.05) is 19.1 Å². The van der Waals surface area contributed by atoms with Gasteiger partial charge < -0.3 is 15.2 Å². The first-order chi connectivity index (χ1) is 16.8. The Hall–Kier alpha value is -3.16. The van der Waals surface area contributed by atoms with E-state index in [2.05, 4.69) is 13.8 Å². The van der Waals surface area contributed by atoms with Gasteiger partial charge in [0.15, 0.2) is 0 Å². The Morgan fingerprint density at radius 1 is 1.19 bits per heavy atom. The number of cyclic esters (lactones) is 1. The zero-order valence-corrected chi connectivity index (χ0v) is 21.3. The summed E-state index contributed by atoms with van der Waals surface area (Å²) in [7, 11) is 1.61. The summed E-state index contributed by atoms with van der Waals surface area (Å²) in [5.41, 5.74) is 9.91. The number of allylic oxidation sites excluding steroid dienone is 1. The molecular weight excluding hydrogens is 469 g/mol. The van der Waals surface area contributed by atoms with E-state index >= 15 is 0 Å². The Kier molecular flexibility index (Phi) is 6.75. The van der Waals surface area contributed by atoms with E-state index in [4.69, 9.17) is 15.2 Å². The normalized spacial score (nSPS) is 22.1. The Labute approximate surface area is 210 Å². The molecule has 1 amide bonds. The van der Waals surface area contributed by atoms with Crippen molar-refractivity contribution in [2.24, 2.45) is 5.41 Å². The molecule has 0 aromatic heterocycles. The molecule has 8 heteroatoms. The number of benzene rings is 2. The summed E-state index contributed by atoms with van der Waals surface area (Å²) in [6.45, 7) is 8.14. The van der Waals surface area contributed by atoms with Crippen LogP contribution in [0.25, 0.3) is 5.57 Å². The number of amides is 1. The predicted octanol–water partition coefficient (Wildman–Crippen LogP) is 7.15. The Bertz CT molecular complexity index is 1200. The molecule has 0 spiro atoms. The number of carbonyl (C=O) groups is 1. The number of anilines is 1. The van der Waals surface area contributed by atoms with Gasteiger partial charge in [0.1, 0.15) is 11.9 Å². The molecule has 2 aromatic carbocycles. The van der Waals surface area contributed by atoms with Crippen molar-refractivity contribution in [2.75, 3.05) is 19.4 Å². The number of nitrogens with two attached hydrogens (primary N) is 1. The highest BCUT2D eigenvalue weighted by Gasteiger charge is 2.42. The van der Waals surface area contributed by atoms with Crippen molar-refractivity contribution >= 4 is 17.4 Å². The standard InChI is InChI=1S/C28H33F3N2O3/c1-16-10-18(12-20(11-16)28(29,30)31)25-17(2)33(26(34)36-25)15-19-14-27(3,4)9-8-22(19)23-13-21(32)6-7-24(23)35-5/h6-7,10-13,17,25H,8-9,14-15,32H2,1-5H3/t17-,25-/m0/s1. The van der Waals surface area contributed by atoms with Gasteiger partial charge in [0, 0.05) is 17.8 Å². The van der Waals surface area contributed by atoms with Crippen LogP contribution in [0.5, 0.6) is 5.75 Å². The molecule has 2 atom stereocenters. The van der Waals surface area contributed by atoms with Crippen LogP contribution in [-0.4, -0.2) is 30.7 Å². The van der Waals surface area contributed by atoms with Gasteiger partial charge in [-0.2, -0.15) is 13.2 Å². The first-order valence-corrected chi connectivity index (χ1v) is 12.1. The third-order valence-corrected chi connectivity index (χ3v) is 7.23. The molecule has 2 aromatic rings. The van der Waals surface area contributed by atoms with Crippen LogP contribution in [0.4, 0.5) is 23.7 Å². The quantitative estimate of drug-likeness (QED) is 0.441. The van der Waals surface area contributed by atoms with Gasteiger partial charge in [-0.05, 0) is 85.6 Å². The van der Waals surface area contributed by atoms with Crippen molar-refractivity contribution in [1.82, 2.24) is 4.90 Å². The van der Waals surface area contributed by atoms with Crippen LogP contribution in [0.3, 0.4) is 0 Å². The van der Waals surface area contributed by atoms with Crippen molar-refractivity contribution in [2.45, 2.75) is 65.3 Å². The summed E-state index contributed by atoms with van der Waals surface area (Å²) < 4.78 is 51.5. The van der Waals surface area contributed by atoms with Gasteiger partial charge in [0.2, 0.25) is 0 Å². The van der Waals surface area contributed by atoms with Gasteiger partial charge in [0.05, 0.1) is 18.7 Å². The molecule has 194 valence electrons. The highest BCUT2D eigenvalue weighted by atomic mass is 19.4. The SMILES string of the molecule is COc1ccc(N)cc1C1=C(CN2C(=O)O[C@H](c3cc(C)cc(C(F)(F)F)c3)[C@@H]2C)CC(C)(C)CC1. The number of alkyl halides is 3. The molecular formula is C28H33F3N2O3. The molecule has 0 unspecified atom stereocenters. The summed E-state index contributed by atoms with van der Waals surface area (Å²) >= 11 is 0. The van der Waals surface area contributed by atoms with Crippen molar-refractivity contribution in [3.63, 3.8) is 0 Å². The largest absolute Gasteiger partial charge is 0.496 e. The second kappa shape index (κ2) is 9.37. The zero-order chi connectivity index (χ0) is 26.4. The van der Waals surface area contributed by atoms with Gasteiger partial charge in [-0.25, -0.2) is 4.79 Å². The lowest BCUT2D eigenvalue weighted by molar-refractivity contribution is -0.137. The molecule has 1 saturated heterocycles. The molecule has 2 N–H and O–H groups in total. The van der Waals surface area contributed by atoms with Crippen LogP contribution < -0.4 is 10.5 Å². The van der Waals surface area contributed by atoms with E-state index in [1.165, 1.54) is 0 Å². The predicted molar refractivity (Wildman–Crippen MR) is 134 cm³/mol. The Balaban J connectivity index is 1.70. The average Bonchev–Trinajstić information content (AvgIpc) is 3.06. The fourth-order valence-corrected chi connectivity index (χ4v) is 5.36. The lowest BCUT2D eigenvalue weighted by atomic mass is 9.72. The number of nitrogens with zero attached hydrogens (tertiary/aromatic N) is 1. The molecule has 1 aliphatic carbocycles. The zero-order valence-electron chi connectivity index (χ0n) is 21.3. The first kappa shape index (κ1) is 25.9. The van der Waals surface area contributed by atoms with Crippen LogP contribution in [0.15, 0.2) is 42.0 Å². The highest BCUT2D eigenvalue weighted by Crippen LogP contribution is 2.46. The summed E-state index contributed by atoms with van der Waals surface area (Å²) in [5.74, 6) is 0.714. The third kappa shape index (κ3) is 5.18. The van der Waals surface area contributed by atoms with Crippen LogP contribution in [0.1, 0.15) is 68.4 Å². The summed E-state index contributed by atoms with van der Waals surface area (Å²) in [6.07, 6.45) is -3.26. The summed E-state index contributed by atoms with van der Waals surface area (Å²) in [6, 6.07) is 8.91. The van der Waals surface area contributed by atoms with E-state index in [0.717, 1.165) is 48.1 Å². The number of hydrogen-bond acceptors (Lipinski definition) is 4. The topological polar surface area (TPSA) is 64.8 Å². The lowest BCUT2D eigenvalue weighted by Gasteiger charge is -2.36. The Morgan fingerprint density at radius 3 is 2.58 bits per heavy atom. The number of nitrogen functional groups attached to an aromatic ring is 1. The molecule has 1 heterocycles. The van der Waals surface area contributed by atoms with Crippen LogP contribution >= 0.6 is 0 Å². The maximum absolute atomic E-state index is 13.4. The van der Waals surface area contributed by atoms with Crippen molar-refractivity contribution < 1.29 is 27.4 Å². The van der Waals surface area contributed by atoms with E-state index in [-0.39, 0.29) is 5.41 Å². The van der Waals surface area contributed by atoms with Crippen LogP contribution in [-0.2, 0) is 10.9 Å². The van der Waals surface area contributed by atoms with Gasteiger partial charge in [-0.1, -0.05) is 25.5 Å². The minimum absolute atomic E-state index is 0.0385. The van der Waals surface area contributed by atoms with Crippen molar-refractivity contribution in [3.8, 4) is 5.75 Å². The number of hydrogen-bond donors (Lipinski definition) is 1. The molecule has 36 heavy (non-hydrogen) atoms. The second-order valence-corrected chi connectivity index (χ2v) is 10.7. The maximum atomic E-state index is 13.4. The number of rotatable bonds is 5. The van der Waals surface area contributed by atoms with Crippen LogP contribution in [0.2, 0.25) is 0 Å². The van der Waals surface area contributed by atoms with E-state index in [0.29, 0.717) is 29.1 Å². The minimum Gasteiger partial charge on any atom is -0.496 e. The number of halogens is 3. The van der Waals surface area contributed by atoms with Gasteiger partial charge in [0.25, 0.3) is 0 Å². The summed E-state index contributed by atoms with van der Waals surface area (Å²) in [5, 5.41) is 0. The number of carbonyl (C=O) groups excluding carboxylic acids is 1. The molecule has 5 nitrogen and oxygen atoms in total. The second-order valence-electron chi connectivity index (χ2n) is 10.7.